The molecule has 3 fully saturated rings. The van der Waals surface area contributed by atoms with Crippen LogP contribution in [0.4, 0.5) is 10.5 Å². The summed E-state index contributed by atoms with van der Waals surface area (Å²) in [5.74, 6) is -1.20. The highest BCUT2D eigenvalue weighted by atomic mass is 35.5. The predicted molar refractivity (Wildman–Crippen MR) is 93.0 cm³/mol. The maximum Gasteiger partial charge on any atom is 0.411 e. The van der Waals surface area contributed by atoms with Gasteiger partial charge in [-0.05, 0) is 25.0 Å². The van der Waals surface area contributed by atoms with E-state index in [0.717, 1.165) is 12.8 Å². The van der Waals surface area contributed by atoms with Crippen LogP contribution < -0.4 is 5.32 Å². The van der Waals surface area contributed by atoms with Crippen LogP contribution in [0.5, 0.6) is 0 Å². The number of hydrogen-bond acceptors (Lipinski definition) is 5. The van der Waals surface area contributed by atoms with Gasteiger partial charge in [-0.2, -0.15) is 0 Å². The van der Waals surface area contributed by atoms with Crippen LogP contribution in [-0.4, -0.2) is 48.2 Å². The Kier molecular flexibility index (Phi) is 4.54. The number of amides is 3. The van der Waals surface area contributed by atoms with E-state index in [9.17, 15) is 14.4 Å². The first-order chi connectivity index (χ1) is 12.5. The predicted octanol–water partition coefficient (Wildman–Crippen LogP) is 2.70. The Hall–Kier alpha value is -1.83. The van der Waals surface area contributed by atoms with E-state index in [-0.39, 0.29) is 54.0 Å². The molecule has 2 bridgehead atoms. The van der Waals surface area contributed by atoms with Gasteiger partial charge in [-0.15, -0.1) is 0 Å². The molecule has 0 spiro atoms. The van der Waals surface area contributed by atoms with E-state index < -0.39 is 6.09 Å². The van der Waals surface area contributed by atoms with Crippen molar-refractivity contribution in [1.29, 1.82) is 0 Å². The first-order valence-corrected chi connectivity index (χ1v) is 9.11. The number of nitrogens with zero attached hydrogens (tertiary/aromatic N) is 1. The molecule has 4 atom stereocenters. The lowest BCUT2D eigenvalue weighted by Gasteiger charge is -2.17. The van der Waals surface area contributed by atoms with Crippen LogP contribution in [0.2, 0.25) is 10.0 Å². The largest absolute Gasteiger partial charge is 0.447 e. The Balaban J connectivity index is 1.31. The fraction of sp³-hybridized carbons (Fsp3) is 0.471. The number of nitrogens with one attached hydrogen (secondary N) is 1. The molecule has 3 aliphatic heterocycles. The van der Waals surface area contributed by atoms with E-state index in [2.05, 4.69) is 5.32 Å². The zero-order chi connectivity index (χ0) is 18.4. The summed E-state index contributed by atoms with van der Waals surface area (Å²) < 4.78 is 10.7. The van der Waals surface area contributed by atoms with Crippen LogP contribution >= 0.6 is 23.2 Å². The van der Waals surface area contributed by atoms with Crippen molar-refractivity contribution in [2.24, 2.45) is 11.8 Å². The summed E-state index contributed by atoms with van der Waals surface area (Å²) in [6.45, 7) is -0.0715. The average Bonchev–Trinajstić information content (AvgIpc) is 3.28. The number of rotatable bonds is 4. The van der Waals surface area contributed by atoms with Crippen LogP contribution in [0.15, 0.2) is 18.2 Å². The van der Waals surface area contributed by atoms with Gasteiger partial charge in [0.2, 0.25) is 11.8 Å². The van der Waals surface area contributed by atoms with Crippen molar-refractivity contribution in [3.05, 3.63) is 28.2 Å². The summed E-state index contributed by atoms with van der Waals surface area (Å²) in [6.07, 6.45) is 0.592. The van der Waals surface area contributed by atoms with Gasteiger partial charge in [0.25, 0.3) is 0 Å². The molecule has 3 saturated heterocycles. The molecule has 1 aromatic rings. The SMILES string of the molecule is O=C(Nc1cccc(Cl)c1Cl)OCCN1C(=O)C2C3CCC(O3)C2C1=O. The van der Waals surface area contributed by atoms with E-state index in [4.69, 9.17) is 32.7 Å². The van der Waals surface area contributed by atoms with Gasteiger partial charge >= 0.3 is 6.09 Å². The maximum atomic E-state index is 12.5. The number of likely N-dealkylation sites (tertiary alicyclic amines) is 1. The Labute approximate surface area is 159 Å². The Morgan fingerprint density at radius 3 is 2.50 bits per heavy atom. The maximum absolute atomic E-state index is 12.5. The second kappa shape index (κ2) is 6.72. The molecule has 4 unspecified atom stereocenters. The van der Waals surface area contributed by atoms with E-state index in [0.29, 0.717) is 10.7 Å². The van der Waals surface area contributed by atoms with Gasteiger partial charge in [0.15, 0.2) is 0 Å². The number of carbonyl (C=O) groups is 3. The summed E-state index contributed by atoms with van der Waals surface area (Å²) in [4.78, 5) is 38.0. The second-order valence-corrected chi connectivity index (χ2v) is 7.32. The molecule has 1 aromatic carbocycles. The van der Waals surface area contributed by atoms with Crippen LogP contribution in [0.1, 0.15) is 12.8 Å². The van der Waals surface area contributed by atoms with Gasteiger partial charge in [-0.1, -0.05) is 29.3 Å². The number of imide groups is 1. The van der Waals surface area contributed by atoms with Gasteiger partial charge in [0.1, 0.15) is 6.61 Å². The van der Waals surface area contributed by atoms with E-state index in [1.165, 1.54) is 4.90 Å². The monoisotopic (exact) mass is 398 g/mol. The van der Waals surface area contributed by atoms with Crippen LogP contribution in [0.3, 0.4) is 0 Å². The highest BCUT2D eigenvalue weighted by Gasteiger charge is 2.62. The number of anilines is 1. The molecular formula is C17H16Cl2N2O5. The van der Waals surface area contributed by atoms with Gasteiger partial charge in [-0.3, -0.25) is 19.8 Å². The molecule has 7 nitrogen and oxygen atoms in total. The fourth-order valence-corrected chi connectivity index (χ4v) is 4.32. The minimum Gasteiger partial charge on any atom is -0.447 e. The van der Waals surface area contributed by atoms with Crippen LogP contribution in [0.25, 0.3) is 0 Å². The third-order valence-corrected chi connectivity index (χ3v) is 5.93. The van der Waals surface area contributed by atoms with Gasteiger partial charge in [0, 0.05) is 0 Å². The molecule has 3 heterocycles. The smallest absolute Gasteiger partial charge is 0.411 e. The van der Waals surface area contributed by atoms with Gasteiger partial charge in [-0.25, -0.2) is 4.79 Å². The number of hydrogen-bond donors (Lipinski definition) is 1. The molecule has 0 aliphatic carbocycles. The molecule has 3 aliphatic rings. The van der Waals surface area contributed by atoms with Crippen LogP contribution in [-0.2, 0) is 19.1 Å². The standard InChI is InChI=1S/C17H16Cl2N2O5/c18-8-2-1-3-9(14(8)19)20-17(24)25-7-6-21-15(22)12-10-4-5-11(26-10)13(12)16(21)23/h1-3,10-13H,4-7H2,(H,20,24). The Morgan fingerprint density at radius 2 is 1.85 bits per heavy atom. The minimum absolute atomic E-state index is 0.0286. The third-order valence-electron chi connectivity index (χ3n) is 5.11. The fourth-order valence-electron chi connectivity index (χ4n) is 3.97. The lowest BCUT2D eigenvalue weighted by molar-refractivity contribution is -0.143. The zero-order valence-corrected chi connectivity index (χ0v) is 15.1. The van der Waals surface area contributed by atoms with E-state index >= 15 is 0 Å². The van der Waals surface area contributed by atoms with Crippen molar-refractivity contribution < 1.29 is 23.9 Å². The molecule has 0 saturated carbocycles. The van der Waals surface area contributed by atoms with Crippen molar-refractivity contribution in [3.63, 3.8) is 0 Å². The number of ether oxygens (including phenoxy) is 2. The number of fused-ring (bicyclic) bond motifs is 5. The lowest BCUT2D eigenvalue weighted by Crippen LogP contribution is -2.37. The van der Waals surface area contributed by atoms with Crippen molar-refractivity contribution in [2.75, 3.05) is 18.5 Å². The van der Waals surface area contributed by atoms with Crippen molar-refractivity contribution >= 4 is 46.8 Å². The summed E-state index contributed by atoms with van der Waals surface area (Å²) >= 11 is 11.9. The summed E-state index contributed by atoms with van der Waals surface area (Å²) in [5, 5.41) is 2.99. The molecule has 138 valence electrons. The molecule has 26 heavy (non-hydrogen) atoms. The zero-order valence-electron chi connectivity index (χ0n) is 13.6. The minimum atomic E-state index is -0.739. The second-order valence-electron chi connectivity index (χ2n) is 6.53. The molecule has 9 heteroatoms. The normalized spacial score (nSPS) is 29.2. The highest BCUT2D eigenvalue weighted by molar-refractivity contribution is 6.43. The molecule has 1 N–H and O–H groups in total. The molecule has 0 aromatic heterocycles. The van der Waals surface area contributed by atoms with Crippen molar-refractivity contribution in [2.45, 2.75) is 25.0 Å². The molecule has 0 radical (unpaired) electrons. The molecule has 3 amide bonds. The topological polar surface area (TPSA) is 84.9 Å². The number of benzene rings is 1. The first-order valence-electron chi connectivity index (χ1n) is 8.36. The quantitative estimate of drug-likeness (QED) is 0.788. The van der Waals surface area contributed by atoms with E-state index in [1.54, 1.807) is 18.2 Å². The summed E-state index contributed by atoms with van der Waals surface area (Å²) in [6, 6.07) is 4.82. The van der Waals surface area contributed by atoms with E-state index in [1.807, 2.05) is 0 Å². The number of carbonyl (C=O) groups excluding carboxylic acids is 3. The van der Waals surface area contributed by atoms with Gasteiger partial charge < -0.3 is 9.47 Å². The van der Waals surface area contributed by atoms with Crippen LogP contribution in [0, 0.1) is 11.8 Å². The van der Waals surface area contributed by atoms with Crippen molar-refractivity contribution in [3.8, 4) is 0 Å². The number of halogens is 2. The highest BCUT2D eigenvalue weighted by Crippen LogP contribution is 2.48. The summed E-state index contributed by atoms with van der Waals surface area (Å²) in [5.41, 5.74) is 0.320. The van der Waals surface area contributed by atoms with Gasteiger partial charge in [0.05, 0.1) is 46.3 Å². The van der Waals surface area contributed by atoms with Crippen molar-refractivity contribution in [1.82, 2.24) is 4.90 Å². The first kappa shape index (κ1) is 17.6. The third kappa shape index (κ3) is 2.84. The Bertz CT molecular complexity index is 758. The Morgan fingerprint density at radius 1 is 1.19 bits per heavy atom. The average molecular weight is 399 g/mol. The lowest BCUT2D eigenvalue weighted by atomic mass is 9.81. The molecule has 4 rings (SSSR count). The summed E-state index contributed by atoms with van der Waals surface area (Å²) in [7, 11) is 0. The molecular weight excluding hydrogens is 383 g/mol.